The fourth-order valence-corrected chi connectivity index (χ4v) is 0.799. The van der Waals surface area contributed by atoms with Gasteiger partial charge in [-0.2, -0.15) is 0 Å². The Hall–Kier alpha value is -0.511. The fraction of sp³-hybridized carbons (Fsp3) is 0. The quantitative estimate of drug-likeness (QED) is 0.649. The SMILES string of the molecule is [Sn].c1cnc2ccoc2c1. The molecule has 0 amide bonds. The van der Waals surface area contributed by atoms with Crippen molar-refractivity contribution in [2.75, 3.05) is 0 Å². The average molecular weight is 238 g/mol. The second-order valence-electron chi connectivity index (χ2n) is 1.81. The molecule has 0 saturated heterocycles. The Kier molecular flexibility index (Phi) is 2.32. The van der Waals surface area contributed by atoms with Crippen LogP contribution in [0.3, 0.4) is 0 Å². The maximum atomic E-state index is 5.06. The zero-order valence-electron chi connectivity index (χ0n) is 5.24. The molecule has 0 spiro atoms. The van der Waals surface area contributed by atoms with E-state index in [1.807, 2.05) is 18.2 Å². The summed E-state index contributed by atoms with van der Waals surface area (Å²) in [7, 11) is 0. The van der Waals surface area contributed by atoms with Crippen molar-refractivity contribution in [2.24, 2.45) is 0 Å². The number of hydrogen-bond donors (Lipinski definition) is 0. The van der Waals surface area contributed by atoms with E-state index in [1.165, 1.54) is 0 Å². The third-order valence-corrected chi connectivity index (χ3v) is 1.22. The minimum Gasteiger partial charge on any atom is -0.463 e. The molecule has 0 aliphatic rings. The van der Waals surface area contributed by atoms with Gasteiger partial charge in [0.1, 0.15) is 5.52 Å². The van der Waals surface area contributed by atoms with Crippen LogP contribution in [0.25, 0.3) is 11.1 Å². The monoisotopic (exact) mass is 239 g/mol. The summed E-state index contributed by atoms with van der Waals surface area (Å²) in [5.74, 6) is 0. The van der Waals surface area contributed by atoms with Crippen LogP contribution in [0.4, 0.5) is 0 Å². The molecule has 2 aromatic rings. The molecule has 0 aliphatic carbocycles. The van der Waals surface area contributed by atoms with Crippen molar-refractivity contribution in [1.82, 2.24) is 4.98 Å². The van der Waals surface area contributed by atoms with E-state index in [1.54, 1.807) is 12.5 Å². The van der Waals surface area contributed by atoms with Crippen LogP contribution in [0.2, 0.25) is 0 Å². The Bertz CT molecular complexity index is 288. The van der Waals surface area contributed by atoms with E-state index in [0.717, 1.165) is 11.1 Å². The van der Waals surface area contributed by atoms with Gasteiger partial charge in [-0.25, -0.2) is 0 Å². The summed E-state index contributed by atoms with van der Waals surface area (Å²) in [5, 5.41) is 0. The minimum absolute atomic E-state index is 0. The van der Waals surface area contributed by atoms with E-state index in [0.29, 0.717) is 0 Å². The molecular formula is C7H5NOSn. The summed E-state index contributed by atoms with van der Waals surface area (Å²) in [6.45, 7) is 0. The van der Waals surface area contributed by atoms with Gasteiger partial charge in [0, 0.05) is 36.2 Å². The van der Waals surface area contributed by atoms with Gasteiger partial charge in [0.2, 0.25) is 0 Å². The van der Waals surface area contributed by atoms with E-state index in [4.69, 9.17) is 4.42 Å². The molecule has 2 nitrogen and oxygen atoms in total. The van der Waals surface area contributed by atoms with Crippen LogP contribution in [0.15, 0.2) is 35.1 Å². The molecule has 0 aromatic carbocycles. The fourth-order valence-electron chi connectivity index (χ4n) is 0.799. The van der Waals surface area contributed by atoms with Gasteiger partial charge in [-0.3, -0.25) is 4.98 Å². The zero-order chi connectivity index (χ0) is 6.10. The van der Waals surface area contributed by atoms with Gasteiger partial charge in [0.05, 0.1) is 6.26 Å². The van der Waals surface area contributed by atoms with Gasteiger partial charge in [0.25, 0.3) is 0 Å². The topological polar surface area (TPSA) is 26.0 Å². The molecule has 0 unspecified atom stereocenters. The molecule has 48 valence electrons. The Balaban J connectivity index is 0.000000500. The van der Waals surface area contributed by atoms with Crippen LogP contribution in [0.5, 0.6) is 0 Å². The van der Waals surface area contributed by atoms with Gasteiger partial charge in [-0.1, -0.05) is 0 Å². The van der Waals surface area contributed by atoms with E-state index in [-0.39, 0.29) is 23.9 Å². The van der Waals surface area contributed by atoms with Crippen molar-refractivity contribution >= 4 is 35.0 Å². The number of hydrogen-bond acceptors (Lipinski definition) is 2. The number of furan rings is 1. The zero-order valence-corrected chi connectivity index (χ0v) is 8.10. The Morgan fingerprint density at radius 2 is 2.20 bits per heavy atom. The van der Waals surface area contributed by atoms with Crippen molar-refractivity contribution in [3.8, 4) is 0 Å². The molecule has 0 bridgehead atoms. The first-order valence-corrected chi connectivity index (χ1v) is 2.75. The molecule has 2 aromatic heterocycles. The maximum Gasteiger partial charge on any atom is 0.152 e. The first-order valence-electron chi connectivity index (χ1n) is 2.75. The molecule has 0 atom stereocenters. The molecule has 10 heavy (non-hydrogen) atoms. The second kappa shape index (κ2) is 3.05. The first-order chi connectivity index (χ1) is 4.47. The summed E-state index contributed by atoms with van der Waals surface area (Å²) < 4.78 is 5.06. The number of nitrogens with zero attached hydrogens (tertiary/aromatic N) is 1. The van der Waals surface area contributed by atoms with Crippen molar-refractivity contribution in [2.45, 2.75) is 0 Å². The first kappa shape index (κ1) is 7.59. The largest absolute Gasteiger partial charge is 0.463 e. The van der Waals surface area contributed by atoms with E-state index in [2.05, 4.69) is 4.98 Å². The van der Waals surface area contributed by atoms with Gasteiger partial charge < -0.3 is 4.42 Å². The smallest absolute Gasteiger partial charge is 0.152 e. The molecule has 0 N–H and O–H groups in total. The summed E-state index contributed by atoms with van der Waals surface area (Å²) in [6.07, 6.45) is 3.38. The van der Waals surface area contributed by atoms with Gasteiger partial charge in [-0.05, 0) is 12.1 Å². The van der Waals surface area contributed by atoms with Crippen LogP contribution >= 0.6 is 0 Å². The third kappa shape index (κ3) is 1.16. The average Bonchev–Trinajstić information content (AvgIpc) is 2.33. The van der Waals surface area contributed by atoms with Crippen molar-refractivity contribution in [1.29, 1.82) is 0 Å². The van der Waals surface area contributed by atoms with Gasteiger partial charge in [-0.15, -0.1) is 0 Å². The molecule has 2 rings (SSSR count). The van der Waals surface area contributed by atoms with E-state index < -0.39 is 0 Å². The minimum atomic E-state index is 0. The summed E-state index contributed by atoms with van der Waals surface area (Å²) >= 11 is 0. The van der Waals surface area contributed by atoms with Crippen LogP contribution < -0.4 is 0 Å². The molecule has 4 radical (unpaired) electrons. The van der Waals surface area contributed by atoms with Crippen molar-refractivity contribution in [3.63, 3.8) is 0 Å². The molecule has 0 fully saturated rings. The molecule has 0 saturated carbocycles. The predicted octanol–water partition coefficient (Wildman–Crippen LogP) is 1.45. The maximum absolute atomic E-state index is 5.06. The number of fused-ring (bicyclic) bond motifs is 1. The summed E-state index contributed by atoms with van der Waals surface area (Å²) in [6, 6.07) is 5.59. The summed E-state index contributed by atoms with van der Waals surface area (Å²) in [4.78, 5) is 4.05. The Morgan fingerprint density at radius 1 is 1.30 bits per heavy atom. The normalized spacial score (nSPS) is 9.20. The molecular weight excluding hydrogens is 233 g/mol. The molecule has 3 heteroatoms. The van der Waals surface area contributed by atoms with Crippen LogP contribution in [0, 0.1) is 0 Å². The van der Waals surface area contributed by atoms with Crippen LogP contribution in [-0.4, -0.2) is 28.9 Å². The van der Waals surface area contributed by atoms with Crippen molar-refractivity contribution in [3.05, 3.63) is 30.7 Å². The predicted molar refractivity (Wildman–Crippen MR) is 39.8 cm³/mol. The van der Waals surface area contributed by atoms with Gasteiger partial charge >= 0.3 is 0 Å². The number of rotatable bonds is 0. The Labute approximate surface area is 75.2 Å². The second-order valence-corrected chi connectivity index (χ2v) is 1.81. The standard InChI is InChI=1S/C7H5NO.Sn/c1-2-7-6(8-4-1)3-5-9-7;/h1-5H;. The third-order valence-electron chi connectivity index (χ3n) is 1.22. The van der Waals surface area contributed by atoms with Crippen molar-refractivity contribution < 1.29 is 4.42 Å². The van der Waals surface area contributed by atoms with E-state index in [9.17, 15) is 0 Å². The number of aromatic nitrogens is 1. The number of pyridine rings is 1. The summed E-state index contributed by atoms with van der Waals surface area (Å²) in [5.41, 5.74) is 1.76. The van der Waals surface area contributed by atoms with Gasteiger partial charge in [0.15, 0.2) is 5.58 Å². The molecule has 2 heterocycles. The Morgan fingerprint density at radius 3 is 3.00 bits per heavy atom. The van der Waals surface area contributed by atoms with Crippen LogP contribution in [-0.2, 0) is 0 Å². The van der Waals surface area contributed by atoms with Crippen LogP contribution in [0.1, 0.15) is 0 Å². The molecule has 0 aliphatic heterocycles. The van der Waals surface area contributed by atoms with E-state index >= 15 is 0 Å².